The van der Waals surface area contributed by atoms with Gasteiger partial charge in [0, 0.05) is 30.6 Å². The van der Waals surface area contributed by atoms with Crippen molar-refractivity contribution in [2.24, 2.45) is 0 Å². The summed E-state index contributed by atoms with van der Waals surface area (Å²) in [6, 6.07) is 5.21. The van der Waals surface area contributed by atoms with Crippen LogP contribution in [0.15, 0.2) is 18.2 Å². The molecule has 18 heavy (non-hydrogen) atoms. The number of benzene rings is 1. The maximum absolute atomic E-state index is 11.9. The van der Waals surface area contributed by atoms with Gasteiger partial charge in [0.05, 0.1) is 5.56 Å². The fourth-order valence-electron chi connectivity index (χ4n) is 1.67. The normalized spacial score (nSPS) is 11.9. The molecular formula is C13H21N3O2. The molecule has 1 atom stereocenters. The molecule has 5 nitrogen and oxygen atoms in total. The molecule has 1 aromatic rings. The van der Waals surface area contributed by atoms with Crippen LogP contribution >= 0.6 is 0 Å². The first-order chi connectivity index (χ1) is 8.58. The summed E-state index contributed by atoms with van der Waals surface area (Å²) in [5.74, 6) is -0.129. The molecule has 0 aliphatic carbocycles. The molecule has 0 aromatic heterocycles. The molecule has 0 heterocycles. The van der Waals surface area contributed by atoms with Crippen molar-refractivity contribution in [3.63, 3.8) is 0 Å². The van der Waals surface area contributed by atoms with Crippen LogP contribution < -0.4 is 16.4 Å². The van der Waals surface area contributed by atoms with Gasteiger partial charge in [-0.15, -0.1) is 0 Å². The van der Waals surface area contributed by atoms with Crippen molar-refractivity contribution in [1.29, 1.82) is 0 Å². The van der Waals surface area contributed by atoms with Gasteiger partial charge in [-0.1, -0.05) is 0 Å². The average Bonchev–Trinajstić information content (AvgIpc) is 2.29. The van der Waals surface area contributed by atoms with Crippen molar-refractivity contribution < 1.29 is 9.90 Å². The summed E-state index contributed by atoms with van der Waals surface area (Å²) in [6.07, 6.45) is 0.615. The molecule has 5 heteroatoms. The summed E-state index contributed by atoms with van der Waals surface area (Å²) in [5.41, 5.74) is 7.59. The Hall–Kier alpha value is -1.75. The Morgan fingerprint density at radius 3 is 2.83 bits per heavy atom. The number of aliphatic hydroxyl groups is 1. The summed E-state index contributed by atoms with van der Waals surface area (Å²) in [5, 5.41) is 14.8. The smallest absolute Gasteiger partial charge is 0.253 e. The molecule has 0 aliphatic heterocycles. The molecule has 1 amide bonds. The minimum absolute atomic E-state index is 0.0741. The maximum atomic E-state index is 11.9. The number of carbonyl (C=O) groups is 1. The lowest BCUT2D eigenvalue weighted by Gasteiger charge is -2.17. The van der Waals surface area contributed by atoms with E-state index in [1.165, 1.54) is 0 Å². The predicted octanol–water partition coefficient (Wildman–Crippen LogP) is 1.20. The second-order valence-electron chi connectivity index (χ2n) is 4.22. The largest absolute Gasteiger partial charge is 0.399 e. The quantitative estimate of drug-likeness (QED) is 0.572. The molecule has 0 fully saturated rings. The molecule has 0 aliphatic rings. The molecule has 1 rings (SSSR count). The fraction of sp³-hybridized carbons (Fsp3) is 0.462. The van der Waals surface area contributed by atoms with Gasteiger partial charge in [-0.05, 0) is 38.5 Å². The number of nitrogens with one attached hydrogen (secondary N) is 2. The van der Waals surface area contributed by atoms with Crippen molar-refractivity contribution in [2.75, 3.05) is 24.2 Å². The van der Waals surface area contributed by atoms with Gasteiger partial charge in [-0.3, -0.25) is 4.79 Å². The first-order valence-corrected chi connectivity index (χ1v) is 6.13. The zero-order valence-corrected chi connectivity index (χ0v) is 10.9. The Balaban J connectivity index is 2.92. The van der Waals surface area contributed by atoms with Crippen LogP contribution in [0.5, 0.6) is 0 Å². The molecule has 0 saturated heterocycles. The molecule has 1 aromatic carbocycles. The highest BCUT2D eigenvalue weighted by atomic mass is 16.3. The standard InChI is InChI=1S/C13H21N3O2/c1-3-15-13(18)11-5-4-10(14)8-12(11)16-9(2)6-7-17/h4-5,8-9,16-17H,3,6-7,14H2,1-2H3,(H,15,18). The highest BCUT2D eigenvalue weighted by Gasteiger charge is 2.12. The number of anilines is 2. The Labute approximate surface area is 107 Å². The molecule has 0 bridgehead atoms. The van der Waals surface area contributed by atoms with E-state index < -0.39 is 0 Å². The number of hydrogen-bond donors (Lipinski definition) is 4. The number of hydrogen-bond acceptors (Lipinski definition) is 4. The van der Waals surface area contributed by atoms with Gasteiger partial charge in [0.2, 0.25) is 0 Å². The third-order valence-corrected chi connectivity index (χ3v) is 2.59. The number of carbonyl (C=O) groups excluding carboxylic acids is 1. The molecule has 1 unspecified atom stereocenters. The first-order valence-electron chi connectivity index (χ1n) is 6.13. The first kappa shape index (κ1) is 14.3. The Morgan fingerprint density at radius 1 is 1.50 bits per heavy atom. The van der Waals surface area contributed by atoms with Crippen LogP contribution in [0.3, 0.4) is 0 Å². The monoisotopic (exact) mass is 251 g/mol. The summed E-state index contributed by atoms with van der Waals surface area (Å²) < 4.78 is 0. The predicted molar refractivity (Wildman–Crippen MR) is 73.6 cm³/mol. The van der Waals surface area contributed by atoms with Crippen LogP contribution in [0.4, 0.5) is 11.4 Å². The lowest BCUT2D eigenvalue weighted by atomic mass is 10.1. The van der Waals surface area contributed by atoms with Gasteiger partial charge in [-0.25, -0.2) is 0 Å². The molecule has 100 valence electrons. The minimum Gasteiger partial charge on any atom is -0.399 e. The van der Waals surface area contributed by atoms with Crippen molar-refractivity contribution >= 4 is 17.3 Å². The summed E-state index contributed by atoms with van der Waals surface area (Å²) in [6.45, 7) is 4.50. The number of nitrogens with two attached hydrogens (primary N) is 1. The van der Waals surface area contributed by atoms with E-state index in [9.17, 15) is 4.79 Å². The Bertz CT molecular complexity index is 407. The zero-order chi connectivity index (χ0) is 13.5. The van der Waals surface area contributed by atoms with Crippen molar-refractivity contribution in [1.82, 2.24) is 5.32 Å². The lowest BCUT2D eigenvalue weighted by Crippen LogP contribution is -2.25. The van der Waals surface area contributed by atoms with Crippen LogP contribution in [-0.4, -0.2) is 30.2 Å². The van der Waals surface area contributed by atoms with Gasteiger partial charge in [0.1, 0.15) is 0 Å². The molecule has 5 N–H and O–H groups in total. The number of aliphatic hydroxyl groups excluding tert-OH is 1. The molecular weight excluding hydrogens is 230 g/mol. The van der Waals surface area contributed by atoms with E-state index >= 15 is 0 Å². The van der Waals surface area contributed by atoms with E-state index in [-0.39, 0.29) is 18.6 Å². The van der Waals surface area contributed by atoms with Gasteiger partial charge in [0.25, 0.3) is 5.91 Å². The third-order valence-electron chi connectivity index (χ3n) is 2.59. The summed E-state index contributed by atoms with van der Waals surface area (Å²) in [7, 11) is 0. The van der Waals surface area contributed by atoms with E-state index in [0.29, 0.717) is 29.9 Å². The van der Waals surface area contributed by atoms with Crippen LogP contribution in [0.25, 0.3) is 0 Å². The second kappa shape index (κ2) is 6.86. The minimum atomic E-state index is -0.129. The van der Waals surface area contributed by atoms with Crippen molar-refractivity contribution in [2.45, 2.75) is 26.3 Å². The van der Waals surface area contributed by atoms with Gasteiger partial charge < -0.3 is 21.5 Å². The highest BCUT2D eigenvalue weighted by molar-refractivity contribution is 6.00. The maximum Gasteiger partial charge on any atom is 0.253 e. The second-order valence-corrected chi connectivity index (χ2v) is 4.22. The molecule has 0 radical (unpaired) electrons. The lowest BCUT2D eigenvalue weighted by molar-refractivity contribution is 0.0956. The van der Waals surface area contributed by atoms with E-state index in [0.717, 1.165) is 0 Å². The van der Waals surface area contributed by atoms with E-state index in [1.807, 2.05) is 13.8 Å². The fourth-order valence-corrected chi connectivity index (χ4v) is 1.67. The van der Waals surface area contributed by atoms with Crippen LogP contribution in [0.1, 0.15) is 30.6 Å². The summed E-state index contributed by atoms with van der Waals surface area (Å²) >= 11 is 0. The number of amides is 1. The summed E-state index contributed by atoms with van der Waals surface area (Å²) in [4.78, 5) is 11.9. The van der Waals surface area contributed by atoms with E-state index in [2.05, 4.69) is 10.6 Å². The van der Waals surface area contributed by atoms with Gasteiger partial charge in [-0.2, -0.15) is 0 Å². The third kappa shape index (κ3) is 3.92. The van der Waals surface area contributed by atoms with E-state index in [1.54, 1.807) is 18.2 Å². The van der Waals surface area contributed by atoms with Gasteiger partial charge in [0.15, 0.2) is 0 Å². The molecule has 0 saturated carbocycles. The van der Waals surface area contributed by atoms with Crippen LogP contribution in [-0.2, 0) is 0 Å². The van der Waals surface area contributed by atoms with Crippen molar-refractivity contribution in [3.05, 3.63) is 23.8 Å². The number of nitrogen functional groups attached to an aromatic ring is 1. The average molecular weight is 251 g/mol. The van der Waals surface area contributed by atoms with Crippen molar-refractivity contribution in [3.8, 4) is 0 Å². The zero-order valence-electron chi connectivity index (χ0n) is 10.9. The van der Waals surface area contributed by atoms with E-state index in [4.69, 9.17) is 10.8 Å². The number of rotatable bonds is 6. The van der Waals surface area contributed by atoms with Gasteiger partial charge >= 0.3 is 0 Å². The Morgan fingerprint density at radius 2 is 2.22 bits per heavy atom. The topological polar surface area (TPSA) is 87.4 Å². The molecule has 0 spiro atoms. The van der Waals surface area contributed by atoms with Crippen LogP contribution in [0, 0.1) is 0 Å². The highest BCUT2D eigenvalue weighted by Crippen LogP contribution is 2.20. The van der Waals surface area contributed by atoms with Crippen LogP contribution in [0.2, 0.25) is 0 Å². The Kier molecular flexibility index (Phi) is 5.45. The SMILES string of the molecule is CCNC(=O)c1ccc(N)cc1NC(C)CCO.